The van der Waals surface area contributed by atoms with E-state index in [1.165, 1.54) is 6.21 Å². The summed E-state index contributed by atoms with van der Waals surface area (Å²) in [6.45, 7) is 1.60. The molecular weight excluding hydrogens is 108 g/mol. The fraction of sp³-hybridized carbons (Fsp3) is 0.333. The number of amides is 2. The summed E-state index contributed by atoms with van der Waals surface area (Å²) in [6.07, 6.45) is 1.31. The number of aliphatic imine (C=N–C) groups is 1. The van der Waals surface area contributed by atoms with E-state index in [1.54, 1.807) is 6.92 Å². The van der Waals surface area contributed by atoms with Crippen molar-refractivity contribution < 1.29 is 4.79 Å². The molecule has 4 N–H and O–H groups in total. The Kier molecular flexibility index (Phi) is 2.75. The Hall–Kier alpha value is -0.940. The van der Waals surface area contributed by atoms with E-state index in [0.29, 0.717) is 5.12 Å². The van der Waals surface area contributed by atoms with Gasteiger partial charge >= 0.3 is 6.03 Å². The largest absolute Gasteiger partial charge is 0.372 e. The summed E-state index contributed by atoms with van der Waals surface area (Å²) in [5.74, 6) is 9.54. The van der Waals surface area contributed by atoms with Crippen LogP contribution in [0.4, 0.5) is 4.79 Å². The standard InChI is InChI=1S/C3H8N4O/c1-2-6-3(8)7(4)5/h2H,4-5H2,1H3. The van der Waals surface area contributed by atoms with Crippen LogP contribution in [0.25, 0.3) is 0 Å². The minimum Gasteiger partial charge on any atom is -0.243 e. The maximum absolute atomic E-state index is 10.2. The van der Waals surface area contributed by atoms with Gasteiger partial charge in [-0.05, 0) is 6.92 Å². The first-order chi connectivity index (χ1) is 3.68. The molecule has 0 aliphatic heterocycles. The summed E-state index contributed by atoms with van der Waals surface area (Å²) in [7, 11) is 0. The first kappa shape index (κ1) is 7.06. The van der Waals surface area contributed by atoms with Gasteiger partial charge in [-0.3, -0.25) is 0 Å². The second-order valence-electron chi connectivity index (χ2n) is 1.08. The highest BCUT2D eigenvalue weighted by Gasteiger charge is 1.96. The average molecular weight is 116 g/mol. The molecule has 0 aromatic carbocycles. The number of rotatable bonds is 0. The topological polar surface area (TPSA) is 84.7 Å². The molecule has 2 amide bonds. The molecule has 0 rings (SSSR count). The van der Waals surface area contributed by atoms with Crippen molar-refractivity contribution in [2.45, 2.75) is 6.92 Å². The molecule has 0 heterocycles. The van der Waals surface area contributed by atoms with Crippen LogP contribution in [0.2, 0.25) is 0 Å². The lowest BCUT2D eigenvalue weighted by molar-refractivity contribution is 0.210. The summed E-state index contributed by atoms with van der Waals surface area (Å²) in [4.78, 5) is 13.5. The third-order valence-corrected chi connectivity index (χ3v) is 0.460. The number of urea groups is 1. The number of hydrazine groups is 2. The zero-order valence-electron chi connectivity index (χ0n) is 4.53. The molecule has 0 saturated heterocycles. The summed E-state index contributed by atoms with van der Waals surface area (Å²) >= 11 is 0. The number of carbonyl (C=O) groups excluding carboxylic acids is 1. The monoisotopic (exact) mass is 116 g/mol. The fourth-order valence-corrected chi connectivity index (χ4v) is 0.177. The highest BCUT2D eigenvalue weighted by Crippen LogP contribution is 1.73. The van der Waals surface area contributed by atoms with E-state index < -0.39 is 6.03 Å². The summed E-state index contributed by atoms with van der Waals surface area (Å²) in [5.41, 5.74) is 0. The molecule has 5 nitrogen and oxygen atoms in total. The van der Waals surface area contributed by atoms with Crippen LogP contribution in [-0.4, -0.2) is 17.4 Å². The quantitative estimate of drug-likeness (QED) is 0.189. The molecule has 5 heteroatoms. The van der Waals surface area contributed by atoms with Crippen LogP contribution in [0.5, 0.6) is 0 Å². The van der Waals surface area contributed by atoms with E-state index >= 15 is 0 Å². The number of nitrogens with two attached hydrogens (primary N) is 2. The highest BCUT2D eigenvalue weighted by molar-refractivity contribution is 5.81. The molecular formula is C3H8N4O. The molecule has 0 spiro atoms. The maximum Gasteiger partial charge on any atom is 0.372 e. The summed E-state index contributed by atoms with van der Waals surface area (Å²) in [5, 5.41) is 0.417. The second-order valence-corrected chi connectivity index (χ2v) is 1.08. The molecule has 0 saturated carbocycles. The van der Waals surface area contributed by atoms with Gasteiger partial charge in [-0.1, -0.05) is 0 Å². The Labute approximate surface area is 46.9 Å². The van der Waals surface area contributed by atoms with Crippen LogP contribution >= 0.6 is 0 Å². The third kappa shape index (κ3) is 2.27. The van der Waals surface area contributed by atoms with Gasteiger partial charge in [0.25, 0.3) is 0 Å². The van der Waals surface area contributed by atoms with Gasteiger partial charge in [0.15, 0.2) is 0 Å². The van der Waals surface area contributed by atoms with E-state index in [0.717, 1.165) is 0 Å². The minimum atomic E-state index is -0.660. The molecule has 0 aromatic rings. The van der Waals surface area contributed by atoms with Crippen molar-refractivity contribution in [2.24, 2.45) is 16.7 Å². The number of nitrogens with zero attached hydrogens (tertiary/aromatic N) is 2. The molecule has 46 valence electrons. The fourth-order valence-electron chi connectivity index (χ4n) is 0.177. The Morgan fingerprint density at radius 1 is 1.75 bits per heavy atom. The van der Waals surface area contributed by atoms with Crippen LogP contribution in [0.1, 0.15) is 6.92 Å². The molecule has 0 aliphatic carbocycles. The van der Waals surface area contributed by atoms with Gasteiger partial charge in [-0.25, -0.2) is 21.5 Å². The number of hydrogen-bond donors (Lipinski definition) is 2. The van der Waals surface area contributed by atoms with E-state index in [9.17, 15) is 4.79 Å². The molecule has 0 unspecified atom stereocenters. The lowest BCUT2D eigenvalue weighted by Gasteiger charge is -2.01. The molecule has 0 bridgehead atoms. The molecule has 0 atom stereocenters. The van der Waals surface area contributed by atoms with Crippen LogP contribution in [0.3, 0.4) is 0 Å². The molecule has 0 aromatic heterocycles. The van der Waals surface area contributed by atoms with Crippen molar-refractivity contribution in [1.29, 1.82) is 0 Å². The van der Waals surface area contributed by atoms with Crippen molar-refractivity contribution in [3.8, 4) is 0 Å². The highest BCUT2D eigenvalue weighted by atomic mass is 16.2. The number of carbonyl (C=O) groups is 1. The predicted molar refractivity (Wildman–Crippen MR) is 29.8 cm³/mol. The van der Waals surface area contributed by atoms with Gasteiger partial charge in [-0.2, -0.15) is 5.12 Å². The predicted octanol–water partition coefficient (Wildman–Crippen LogP) is -0.753. The van der Waals surface area contributed by atoms with Gasteiger partial charge in [0.05, 0.1) is 0 Å². The Morgan fingerprint density at radius 2 is 2.25 bits per heavy atom. The lowest BCUT2D eigenvalue weighted by atomic mass is 10.8. The zero-order chi connectivity index (χ0) is 6.57. The normalized spacial score (nSPS) is 9.88. The molecule has 8 heavy (non-hydrogen) atoms. The van der Waals surface area contributed by atoms with Crippen LogP contribution in [-0.2, 0) is 0 Å². The van der Waals surface area contributed by atoms with Crippen molar-refractivity contribution in [1.82, 2.24) is 5.12 Å². The first-order valence-electron chi connectivity index (χ1n) is 2.00. The van der Waals surface area contributed by atoms with Crippen LogP contribution in [0.15, 0.2) is 4.99 Å². The zero-order valence-corrected chi connectivity index (χ0v) is 4.53. The van der Waals surface area contributed by atoms with Crippen molar-refractivity contribution in [3.05, 3.63) is 0 Å². The van der Waals surface area contributed by atoms with E-state index in [1.807, 2.05) is 0 Å². The Morgan fingerprint density at radius 3 is 2.38 bits per heavy atom. The smallest absolute Gasteiger partial charge is 0.243 e. The minimum absolute atomic E-state index is 0.417. The Balaban J connectivity index is 3.66. The molecule has 0 fully saturated rings. The third-order valence-electron chi connectivity index (χ3n) is 0.460. The van der Waals surface area contributed by atoms with Crippen molar-refractivity contribution in [2.75, 3.05) is 0 Å². The van der Waals surface area contributed by atoms with E-state index in [-0.39, 0.29) is 0 Å². The Bertz CT molecular complexity index is 108. The van der Waals surface area contributed by atoms with E-state index in [4.69, 9.17) is 11.7 Å². The first-order valence-corrected chi connectivity index (χ1v) is 2.00. The van der Waals surface area contributed by atoms with Crippen LogP contribution in [0, 0.1) is 0 Å². The SMILES string of the molecule is CC=NC(=O)N(N)N. The van der Waals surface area contributed by atoms with Crippen molar-refractivity contribution >= 4 is 12.2 Å². The summed E-state index contributed by atoms with van der Waals surface area (Å²) < 4.78 is 0. The van der Waals surface area contributed by atoms with Gasteiger partial charge < -0.3 is 0 Å². The maximum atomic E-state index is 10.2. The molecule has 0 aliphatic rings. The van der Waals surface area contributed by atoms with Gasteiger partial charge in [0.1, 0.15) is 0 Å². The summed E-state index contributed by atoms with van der Waals surface area (Å²) in [6, 6.07) is -0.660. The number of hydrogen-bond acceptors (Lipinski definition) is 3. The van der Waals surface area contributed by atoms with Gasteiger partial charge in [0.2, 0.25) is 0 Å². The lowest BCUT2D eigenvalue weighted by Crippen LogP contribution is -2.41. The van der Waals surface area contributed by atoms with Crippen molar-refractivity contribution in [3.63, 3.8) is 0 Å². The van der Waals surface area contributed by atoms with E-state index in [2.05, 4.69) is 4.99 Å². The average Bonchev–Trinajstić information content (AvgIpc) is 1.67. The molecule has 0 radical (unpaired) electrons. The van der Waals surface area contributed by atoms with Gasteiger partial charge in [0, 0.05) is 6.21 Å². The van der Waals surface area contributed by atoms with Crippen LogP contribution < -0.4 is 11.7 Å². The second kappa shape index (κ2) is 3.11. The van der Waals surface area contributed by atoms with Gasteiger partial charge in [-0.15, -0.1) is 0 Å².